The van der Waals surface area contributed by atoms with Crippen molar-refractivity contribution in [2.45, 2.75) is 64.3 Å². The molecule has 0 bridgehead atoms. The largest absolute Gasteiger partial charge is 0.250 e. The monoisotopic (exact) mass is 269 g/mol. The molecule has 102 valence electrons. The quantitative estimate of drug-likeness (QED) is 0.764. The SMILES string of the molecule is CCCC1CCC(Cl)C(Cc2ncnn2CC)C1. The van der Waals surface area contributed by atoms with E-state index < -0.39 is 0 Å². The lowest BCUT2D eigenvalue weighted by Crippen LogP contribution is -2.28. The zero-order chi connectivity index (χ0) is 13.0. The van der Waals surface area contributed by atoms with Gasteiger partial charge in [-0.2, -0.15) is 5.10 Å². The molecular formula is C14H24ClN3. The molecule has 0 aliphatic heterocycles. The molecule has 3 atom stereocenters. The van der Waals surface area contributed by atoms with Gasteiger partial charge in [0.1, 0.15) is 12.2 Å². The Kier molecular flexibility index (Phi) is 5.04. The normalized spacial score (nSPS) is 28.5. The average molecular weight is 270 g/mol. The van der Waals surface area contributed by atoms with Crippen LogP contribution in [-0.4, -0.2) is 20.1 Å². The van der Waals surface area contributed by atoms with Crippen LogP contribution in [0, 0.1) is 11.8 Å². The Balaban J connectivity index is 1.98. The van der Waals surface area contributed by atoms with E-state index in [4.69, 9.17) is 11.6 Å². The van der Waals surface area contributed by atoms with E-state index in [0.717, 1.165) is 31.1 Å². The van der Waals surface area contributed by atoms with E-state index in [-0.39, 0.29) is 0 Å². The Morgan fingerprint density at radius 1 is 1.39 bits per heavy atom. The van der Waals surface area contributed by atoms with Gasteiger partial charge in [-0.15, -0.1) is 11.6 Å². The van der Waals surface area contributed by atoms with Crippen molar-refractivity contribution in [1.29, 1.82) is 0 Å². The summed E-state index contributed by atoms with van der Waals surface area (Å²) in [4.78, 5) is 4.38. The molecule has 1 fully saturated rings. The summed E-state index contributed by atoms with van der Waals surface area (Å²) in [6.45, 7) is 5.28. The first-order chi connectivity index (χ1) is 8.74. The second kappa shape index (κ2) is 6.55. The molecule has 0 saturated heterocycles. The van der Waals surface area contributed by atoms with Gasteiger partial charge in [-0.3, -0.25) is 4.68 Å². The van der Waals surface area contributed by atoms with Crippen molar-refractivity contribution in [3.8, 4) is 0 Å². The third-order valence-electron chi connectivity index (χ3n) is 4.14. The molecule has 18 heavy (non-hydrogen) atoms. The summed E-state index contributed by atoms with van der Waals surface area (Å²) >= 11 is 6.50. The van der Waals surface area contributed by atoms with Crippen LogP contribution >= 0.6 is 11.6 Å². The highest BCUT2D eigenvalue weighted by atomic mass is 35.5. The van der Waals surface area contributed by atoms with Gasteiger partial charge in [0.25, 0.3) is 0 Å². The van der Waals surface area contributed by atoms with Gasteiger partial charge < -0.3 is 0 Å². The Bertz CT molecular complexity index is 364. The fourth-order valence-corrected chi connectivity index (χ4v) is 3.47. The van der Waals surface area contributed by atoms with Crippen molar-refractivity contribution in [3.63, 3.8) is 0 Å². The number of alkyl halides is 1. The summed E-state index contributed by atoms with van der Waals surface area (Å²) in [5.74, 6) is 2.55. The summed E-state index contributed by atoms with van der Waals surface area (Å²) in [6.07, 6.45) is 9.02. The summed E-state index contributed by atoms with van der Waals surface area (Å²) < 4.78 is 1.99. The van der Waals surface area contributed by atoms with Crippen LogP contribution in [0.25, 0.3) is 0 Å². The van der Waals surface area contributed by atoms with Gasteiger partial charge in [0.2, 0.25) is 0 Å². The minimum absolute atomic E-state index is 0.320. The summed E-state index contributed by atoms with van der Waals surface area (Å²) in [5.41, 5.74) is 0. The van der Waals surface area contributed by atoms with Crippen LogP contribution in [0.3, 0.4) is 0 Å². The predicted molar refractivity (Wildman–Crippen MR) is 74.8 cm³/mol. The molecule has 0 N–H and O–H groups in total. The van der Waals surface area contributed by atoms with Crippen LogP contribution in [0.1, 0.15) is 51.8 Å². The van der Waals surface area contributed by atoms with Crippen molar-refractivity contribution in [2.24, 2.45) is 11.8 Å². The Labute approximate surface area is 115 Å². The molecule has 1 saturated carbocycles. The van der Waals surface area contributed by atoms with Gasteiger partial charge in [0.05, 0.1) is 0 Å². The molecule has 1 aromatic heterocycles. The first-order valence-corrected chi connectivity index (χ1v) is 7.69. The van der Waals surface area contributed by atoms with Crippen molar-refractivity contribution in [2.75, 3.05) is 0 Å². The van der Waals surface area contributed by atoms with Gasteiger partial charge in [0.15, 0.2) is 0 Å². The van der Waals surface area contributed by atoms with Crippen LogP contribution in [0.2, 0.25) is 0 Å². The minimum atomic E-state index is 0.320. The number of hydrogen-bond acceptors (Lipinski definition) is 2. The molecule has 3 nitrogen and oxygen atoms in total. The average Bonchev–Trinajstić information content (AvgIpc) is 2.81. The van der Waals surface area contributed by atoms with E-state index in [1.54, 1.807) is 6.33 Å². The number of rotatable bonds is 5. The lowest BCUT2D eigenvalue weighted by Gasteiger charge is -2.32. The Hall–Kier alpha value is -0.570. The number of halogens is 1. The Morgan fingerprint density at radius 2 is 2.22 bits per heavy atom. The van der Waals surface area contributed by atoms with Crippen LogP contribution < -0.4 is 0 Å². The van der Waals surface area contributed by atoms with E-state index in [2.05, 4.69) is 23.9 Å². The number of aromatic nitrogens is 3. The molecule has 0 aromatic carbocycles. The van der Waals surface area contributed by atoms with Crippen LogP contribution in [0.15, 0.2) is 6.33 Å². The molecule has 1 heterocycles. The van der Waals surface area contributed by atoms with Gasteiger partial charge >= 0.3 is 0 Å². The molecule has 1 aromatic rings. The third-order valence-corrected chi connectivity index (χ3v) is 4.71. The molecule has 0 radical (unpaired) electrons. The zero-order valence-corrected chi connectivity index (χ0v) is 12.2. The lowest BCUT2D eigenvalue weighted by atomic mass is 9.77. The summed E-state index contributed by atoms with van der Waals surface area (Å²) in [6, 6.07) is 0. The van der Waals surface area contributed by atoms with E-state index >= 15 is 0 Å². The fraction of sp³-hybridized carbons (Fsp3) is 0.857. The molecule has 1 aliphatic rings. The highest BCUT2D eigenvalue weighted by molar-refractivity contribution is 6.20. The highest BCUT2D eigenvalue weighted by Crippen LogP contribution is 2.36. The van der Waals surface area contributed by atoms with Crippen molar-refractivity contribution >= 4 is 11.6 Å². The van der Waals surface area contributed by atoms with E-state index in [9.17, 15) is 0 Å². The standard InChI is InChI=1S/C14H24ClN3/c1-3-5-11-6-7-13(15)12(8-11)9-14-16-10-17-18(14)4-2/h10-13H,3-9H2,1-2H3. The van der Waals surface area contributed by atoms with Crippen LogP contribution in [0.4, 0.5) is 0 Å². The molecule has 0 amide bonds. The highest BCUT2D eigenvalue weighted by Gasteiger charge is 2.29. The third kappa shape index (κ3) is 3.25. The smallest absolute Gasteiger partial charge is 0.138 e. The van der Waals surface area contributed by atoms with Gasteiger partial charge in [0, 0.05) is 18.3 Å². The molecular weight excluding hydrogens is 246 g/mol. The number of hydrogen-bond donors (Lipinski definition) is 0. The summed E-state index contributed by atoms with van der Waals surface area (Å²) in [7, 11) is 0. The van der Waals surface area contributed by atoms with Crippen molar-refractivity contribution in [1.82, 2.24) is 14.8 Å². The second-order valence-corrected chi connectivity index (χ2v) is 6.00. The maximum Gasteiger partial charge on any atom is 0.138 e. The van der Waals surface area contributed by atoms with E-state index in [1.807, 2.05) is 4.68 Å². The summed E-state index contributed by atoms with van der Waals surface area (Å²) in [5, 5.41) is 4.56. The lowest BCUT2D eigenvalue weighted by molar-refractivity contribution is 0.253. The first-order valence-electron chi connectivity index (χ1n) is 7.25. The maximum absolute atomic E-state index is 6.50. The molecule has 2 rings (SSSR count). The molecule has 3 unspecified atom stereocenters. The van der Waals surface area contributed by atoms with Crippen molar-refractivity contribution in [3.05, 3.63) is 12.2 Å². The second-order valence-electron chi connectivity index (χ2n) is 5.44. The number of nitrogens with zero attached hydrogens (tertiary/aromatic N) is 3. The first kappa shape index (κ1) is 13.9. The van der Waals surface area contributed by atoms with E-state index in [0.29, 0.717) is 11.3 Å². The topological polar surface area (TPSA) is 30.7 Å². The van der Waals surface area contributed by atoms with Crippen LogP contribution in [-0.2, 0) is 13.0 Å². The molecule has 1 aliphatic carbocycles. The Morgan fingerprint density at radius 3 is 2.94 bits per heavy atom. The molecule has 0 spiro atoms. The number of aryl methyl sites for hydroxylation is 1. The minimum Gasteiger partial charge on any atom is -0.250 e. The zero-order valence-electron chi connectivity index (χ0n) is 11.5. The molecule has 4 heteroatoms. The van der Waals surface area contributed by atoms with E-state index in [1.165, 1.54) is 25.7 Å². The predicted octanol–water partition coefficient (Wildman–Crippen LogP) is 3.66. The van der Waals surface area contributed by atoms with Crippen molar-refractivity contribution < 1.29 is 0 Å². The maximum atomic E-state index is 6.50. The fourth-order valence-electron chi connectivity index (χ4n) is 3.15. The van der Waals surface area contributed by atoms with Gasteiger partial charge in [-0.25, -0.2) is 4.98 Å². The van der Waals surface area contributed by atoms with Crippen LogP contribution in [0.5, 0.6) is 0 Å². The van der Waals surface area contributed by atoms with Gasteiger partial charge in [-0.05, 0) is 38.0 Å². The van der Waals surface area contributed by atoms with Gasteiger partial charge in [-0.1, -0.05) is 19.8 Å².